The lowest BCUT2D eigenvalue weighted by Gasteiger charge is -2.16. The van der Waals surface area contributed by atoms with Gasteiger partial charge in [0.05, 0.1) is 7.11 Å². The van der Waals surface area contributed by atoms with Crippen molar-refractivity contribution in [3.05, 3.63) is 24.3 Å². The summed E-state index contributed by atoms with van der Waals surface area (Å²) in [7, 11) is 1.57. The molecule has 1 aromatic heterocycles. The predicted molar refractivity (Wildman–Crippen MR) is 75.9 cm³/mol. The van der Waals surface area contributed by atoms with Crippen LogP contribution < -0.4 is 4.74 Å². The number of carboxylic acids is 1. The fraction of sp³-hybridized carbons (Fsp3) is 0.429. The van der Waals surface area contributed by atoms with Gasteiger partial charge >= 0.3 is 5.97 Å². The molecule has 1 aromatic carbocycles. The molecule has 0 radical (unpaired) electrons. The lowest BCUT2D eigenvalue weighted by Crippen LogP contribution is -2.23. The predicted octanol–water partition coefficient (Wildman–Crippen LogP) is 2.02. The number of benzene rings is 1. The van der Waals surface area contributed by atoms with Crippen molar-refractivity contribution in [3.63, 3.8) is 0 Å². The van der Waals surface area contributed by atoms with E-state index in [4.69, 9.17) is 4.74 Å². The summed E-state index contributed by atoms with van der Waals surface area (Å²) in [5.74, 6) is 0.355. The van der Waals surface area contributed by atoms with E-state index in [1.165, 1.54) is 4.68 Å². The highest BCUT2D eigenvalue weighted by Crippen LogP contribution is 2.26. The molecule has 0 bridgehead atoms. The Morgan fingerprint density at radius 1 is 1.43 bits per heavy atom. The number of hydrogen-bond acceptors (Lipinski definition) is 5. The molecule has 0 amide bonds. The number of methoxy groups -OCH3 is 1. The van der Waals surface area contributed by atoms with Crippen molar-refractivity contribution in [3.8, 4) is 17.1 Å². The first kappa shape index (κ1) is 15.0. The number of aromatic nitrogens is 4. The average Bonchev–Trinajstić information content (AvgIpc) is 2.93. The maximum atomic E-state index is 11.5. The number of nitrogens with zero attached hydrogens (tertiary/aromatic N) is 4. The van der Waals surface area contributed by atoms with Crippen molar-refractivity contribution >= 4 is 5.97 Å². The van der Waals surface area contributed by atoms with E-state index in [9.17, 15) is 9.90 Å². The molecular formula is C14H18N4O3. The molecule has 1 N–H and O–H groups in total. The third-order valence-electron chi connectivity index (χ3n) is 3.10. The lowest BCUT2D eigenvalue weighted by molar-refractivity contribution is -0.141. The van der Waals surface area contributed by atoms with Gasteiger partial charge in [0, 0.05) is 5.56 Å². The van der Waals surface area contributed by atoms with Crippen LogP contribution in [-0.4, -0.2) is 38.4 Å². The molecule has 0 aliphatic carbocycles. The first-order valence-electron chi connectivity index (χ1n) is 6.68. The number of tetrazole rings is 1. The lowest BCUT2D eigenvalue weighted by atomic mass is 10.0. The van der Waals surface area contributed by atoms with Crippen molar-refractivity contribution in [1.29, 1.82) is 0 Å². The summed E-state index contributed by atoms with van der Waals surface area (Å²) in [6, 6.07) is 6.42. The molecule has 0 fully saturated rings. The number of ether oxygens (including phenoxy) is 1. The first-order valence-corrected chi connectivity index (χ1v) is 6.68. The molecule has 0 saturated carbocycles. The molecule has 7 heteroatoms. The van der Waals surface area contributed by atoms with E-state index in [-0.39, 0.29) is 5.92 Å². The standard InChI is InChI=1S/C14H18N4O3/c1-9(2)7-12(14(19)20)18-13(15-16-17-18)10-5-4-6-11(8-10)21-3/h4-6,8-9,12H,7H2,1-3H3,(H,19,20). The largest absolute Gasteiger partial charge is 0.497 e. The van der Waals surface area contributed by atoms with Gasteiger partial charge in [0.1, 0.15) is 5.75 Å². The zero-order valence-corrected chi connectivity index (χ0v) is 12.2. The van der Waals surface area contributed by atoms with E-state index in [0.29, 0.717) is 23.6 Å². The Bertz CT molecular complexity index is 624. The molecule has 2 rings (SSSR count). The Labute approximate surface area is 122 Å². The number of rotatable bonds is 6. The van der Waals surface area contributed by atoms with E-state index in [1.54, 1.807) is 19.2 Å². The minimum Gasteiger partial charge on any atom is -0.497 e. The van der Waals surface area contributed by atoms with Crippen molar-refractivity contribution in [2.75, 3.05) is 7.11 Å². The molecule has 1 heterocycles. The van der Waals surface area contributed by atoms with Crippen molar-refractivity contribution in [2.45, 2.75) is 26.3 Å². The van der Waals surface area contributed by atoms with Crippen molar-refractivity contribution in [2.24, 2.45) is 5.92 Å². The van der Waals surface area contributed by atoms with Crippen LogP contribution in [0.3, 0.4) is 0 Å². The van der Waals surface area contributed by atoms with Crippen LogP contribution >= 0.6 is 0 Å². The van der Waals surface area contributed by atoms with Gasteiger partial charge in [-0.3, -0.25) is 0 Å². The zero-order valence-electron chi connectivity index (χ0n) is 12.2. The van der Waals surface area contributed by atoms with Gasteiger partial charge in [0.25, 0.3) is 0 Å². The Morgan fingerprint density at radius 3 is 2.81 bits per heavy atom. The molecule has 0 aliphatic heterocycles. The minimum absolute atomic E-state index is 0.216. The summed E-state index contributed by atoms with van der Waals surface area (Å²) in [5.41, 5.74) is 0.717. The smallest absolute Gasteiger partial charge is 0.328 e. The third-order valence-corrected chi connectivity index (χ3v) is 3.10. The van der Waals surface area contributed by atoms with E-state index in [1.807, 2.05) is 26.0 Å². The second kappa shape index (κ2) is 6.34. The second-order valence-corrected chi connectivity index (χ2v) is 5.16. The van der Waals surface area contributed by atoms with Crippen LogP contribution in [0.2, 0.25) is 0 Å². The highest BCUT2D eigenvalue weighted by atomic mass is 16.5. The third kappa shape index (κ3) is 3.36. The number of aliphatic carboxylic acids is 1. The molecule has 7 nitrogen and oxygen atoms in total. The molecule has 1 atom stereocenters. The molecule has 112 valence electrons. The van der Waals surface area contributed by atoms with Crippen molar-refractivity contribution in [1.82, 2.24) is 20.2 Å². The summed E-state index contributed by atoms with van der Waals surface area (Å²) in [6.07, 6.45) is 0.456. The highest BCUT2D eigenvalue weighted by molar-refractivity contribution is 5.73. The molecular weight excluding hydrogens is 272 g/mol. The highest BCUT2D eigenvalue weighted by Gasteiger charge is 2.26. The van der Waals surface area contributed by atoms with Crippen LogP contribution in [-0.2, 0) is 4.79 Å². The summed E-state index contributed by atoms with van der Waals surface area (Å²) in [4.78, 5) is 11.5. The Morgan fingerprint density at radius 2 is 2.19 bits per heavy atom. The number of carboxylic acid groups (broad SMARTS) is 1. The van der Waals surface area contributed by atoms with Gasteiger partial charge in [-0.15, -0.1) is 5.10 Å². The van der Waals surface area contributed by atoms with Crippen LogP contribution in [0.1, 0.15) is 26.3 Å². The zero-order chi connectivity index (χ0) is 15.4. The molecule has 0 saturated heterocycles. The second-order valence-electron chi connectivity index (χ2n) is 5.16. The Kier molecular flexibility index (Phi) is 4.52. The molecule has 1 unspecified atom stereocenters. The van der Waals surface area contributed by atoms with Gasteiger partial charge in [-0.25, -0.2) is 9.48 Å². The number of hydrogen-bond donors (Lipinski definition) is 1. The van der Waals surface area contributed by atoms with Crippen LogP contribution in [0.25, 0.3) is 11.4 Å². The van der Waals surface area contributed by atoms with E-state index < -0.39 is 12.0 Å². The van der Waals surface area contributed by atoms with Crippen LogP contribution in [0, 0.1) is 5.92 Å². The summed E-state index contributed by atoms with van der Waals surface area (Å²) in [5, 5.41) is 20.9. The number of carbonyl (C=O) groups is 1. The monoisotopic (exact) mass is 290 g/mol. The van der Waals surface area contributed by atoms with Gasteiger partial charge in [0.15, 0.2) is 11.9 Å². The fourth-order valence-corrected chi connectivity index (χ4v) is 2.11. The molecule has 2 aromatic rings. The van der Waals surface area contributed by atoms with Crippen LogP contribution in [0.4, 0.5) is 0 Å². The van der Waals surface area contributed by atoms with E-state index in [2.05, 4.69) is 15.5 Å². The average molecular weight is 290 g/mol. The summed E-state index contributed by atoms with van der Waals surface area (Å²) >= 11 is 0. The fourth-order valence-electron chi connectivity index (χ4n) is 2.11. The Balaban J connectivity index is 2.42. The van der Waals surface area contributed by atoms with Crippen molar-refractivity contribution < 1.29 is 14.6 Å². The molecule has 0 aliphatic rings. The topological polar surface area (TPSA) is 90.1 Å². The molecule has 0 spiro atoms. The van der Waals surface area contributed by atoms with Gasteiger partial charge in [0.2, 0.25) is 0 Å². The minimum atomic E-state index is -0.944. The van der Waals surface area contributed by atoms with Crippen LogP contribution in [0.5, 0.6) is 5.75 Å². The Hall–Kier alpha value is -2.44. The first-order chi connectivity index (χ1) is 10.0. The normalized spacial score (nSPS) is 12.4. The van der Waals surface area contributed by atoms with E-state index in [0.717, 1.165) is 0 Å². The van der Waals surface area contributed by atoms with Gasteiger partial charge < -0.3 is 9.84 Å². The van der Waals surface area contributed by atoms with Gasteiger partial charge in [-0.1, -0.05) is 26.0 Å². The maximum Gasteiger partial charge on any atom is 0.328 e. The van der Waals surface area contributed by atoms with Crippen LogP contribution in [0.15, 0.2) is 24.3 Å². The summed E-state index contributed by atoms with van der Waals surface area (Å²) < 4.78 is 6.53. The van der Waals surface area contributed by atoms with Gasteiger partial charge in [-0.2, -0.15) is 0 Å². The maximum absolute atomic E-state index is 11.5. The summed E-state index contributed by atoms with van der Waals surface area (Å²) in [6.45, 7) is 3.93. The quantitative estimate of drug-likeness (QED) is 0.875. The molecule has 21 heavy (non-hydrogen) atoms. The SMILES string of the molecule is COc1cccc(-c2nnnn2C(CC(C)C)C(=O)O)c1. The van der Waals surface area contributed by atoms with E-state index >= 15 is 0 Å². The van der Waals surface area contributed by atoms with Gasteiger partial charge in [-0.05, 0) is 34.9 Å².